The predicted molar refractivity (Wildman–Crippen MR) is 135 cm³/mol. The SMILES string of the molecule is COc1ccc(Cl)cc1CCCO[C@H]1C[C@H](O)[C@@H](O)[C@H](OC(=O)/C=C/c2ccc(O)cc2)C1.O=C(O)O. The van der Waals surface area contributed by atoms with Crippen molar-refractivity contribution < 1.29 is 49.3 Å². The van der Waals surface area contributed by atoms with Crippen LogP contribution in [-0.4, -0.2) is 75.8 Å². The summed E-state index contributed by atoms with van der Waals surface area (Å²) in [6.45, 7) is 0.435. The summed E-state index contributed by atoms with van der Waals surface area (Å²) in [5, 5.41) is 44.4. The van der Waals surface area contributed by atoms with Crippen LogP contribution in [0.1, 0.15) is 30.4 Å². The van der Waals surface area contributed by atoms with Crippen molar-refractivity contribution in [1.29, 1.82) is 0 Å². The topological polar surface area (TPSA) is 163 Å². The summed E-state index contributed by atoms with van der Waals surface area (Å²) in [7, 11) is 1.61. The van der Waals surface area contributed by atoms with Crippen molar-refractivity contribution >= 4 is 29.8 Å². The number of ether oxygens (including phenoxy) is 3. The van der Waals surface area contributed by atoms with Gasteiger partial charge in [-0.15, -0.1) is 0 Å². The molecule has 0 amide bonds. The Morgan fingerprint density at radius 1 is 1.08 bits per heavy atom. The number of phenols is 1. The van der Waals surface area contributed by atoms with Gasteiger partial charge in [0, 0.05) is 30.5 Å². The minimum absolute atomic E-state index is 0.131. The molecule has 0 radical (unpaired) electrons. The highest BCUT2D eigenvalue weighted by molar-refractivity contribution is 6.30. The van der Waals surface area contributed by atoms with Gasteiger partial charge >= 0.3 is 12.1 Å². The lowest BCUT2D eigenvalue weighted by atomic mass is 9.89. The molecule has 202 valence electrons. The maximum absolute atomic E-state index is 12.2. The van der Waals surface area contributed by atoms with Crippen molar-refractivity contribution in [3.05, 3.63) is 64.7 Å². The maximum Gasteiger partial charge on any atom is 0.503 e. The predicted octanol–water partition coefficient (Wildman–Crippen LogP) is 3.74. The second-order valence-corrected chi connectivity index (χ2v) is 8.70. The molecular formula is C26H31ClO10. The number of carbonyl (C=O) groups excluding carboxylic acids is 1. The number of aryl methyl sites for hydroxylation is 1. The highest BCUT2D eigenvalue weighted by Crippen LogP contribution is 2.27. The number of phenolic OH excluding ortho intramolecular Hbond substituents is 1. The highest BCUT2D eigenvalue weighted by Gasteiger charge is 2.38. The molecule has 1 saturated carbocycles. The summed E-state index contributed by atoms with van der Waals surface area (Å²) in [5.41, 5.74) is 1.70. The molecule has 2 aromatic rings. The van der Waals surface area contributed by atoms with Crippen molar-refractivity contribution in [2.24, 2.45) is 0 Å². The Bertz CT molecular complexity index is 1040. The maximum atomic E-state index is 12.2. The lowest BCUT2D eigenvalue weighted by Crippen LogP contribution is -2.48. The Hall–Kier alpha value is -3.31. The van der Waals surface area contributed by atoms with Crippen molar-refractivity contribution in [3.63, 3.8) is 0 Å². The molecule has 11 heteroatoms. The number of aromatic hydroxyl groups is 1. The second-order valence-electron chi connectivity index (χ2n) is 8.26. The zero-order valence-corrected chi connectivity index (χ0v) is 21.0. The number of aliphatic hydroxyl groups is 2. The molecule has 2 aromatic carbocycles. The fourth-order valence-electron chi connectivity index (χ4n) is 3.80. The minimum atomic E-state index is -1.83. The number of benzene rings is 2. The second kappa shape index (κ2) is 15.1. The fraction of sp³-hybridized carbons (Fsp3) is 0.385. The summed E-state index contributed by atoms with van der Waals surface area (Å²) < 4.78 is 16.6. The molecule has 37 heavy (non-hydrogen) atoms. The van der Waals surface area contributed by atoms with Gasteiger partial charge in [0.25, 0.3) is 0 Å². The van der Waals surface area contributed by atoms with Crippen molar-refractivity contribution in [1.82, 2.24) is 0 Å². The van der Waals surface area contributed by atoms with Crippen LogP contribution in [0.15, 0.2) is 48.5 Å². The van der Waals surface area contributed by atoms with E-state index in [9.17, 15) is 20.1 Å². The molecule has 1 aliphatic carbocycles. The van der Waals surface area contributed by atoms with E-state index in [1.54, 1.807) is 31.4 Å². The van der Waals surface area contributed by atoms with Gasteiger partial charge in [0.2, 0.25) is 0 Å². The van der Waals surface area contributed by atoms with Crippen LogP contribution >= 0.6 is 11.6 Å². The third-order valence-electron chi connectivity index (χ3n) is 5.53. The number of halogens is 1. The molecule has 5 N–H and O–H groups in total. The van der Waals surface area contributed by atoms with Crippen molar-refractivity contribution in [3.8, 4) is 11.5 Å². The van der Waals surface area contributed by atoms with E-state index in [0.717, 1.165) is 11.3 Å². The molecule has 0 bridgehead atoms. The summed E-state index contributed by atoms with van der Waals surface area (Å²) in [4.78, 5) is 20.8. The molecule has 0 aliphatic heterocycles. The Morgan fingerprint density at radius 3 is 2.41 bits per heavy atom. The zero-order valence-electron chi connectivity index (χ0n) is 20.2. The first-order chi connectivity index (χ1) is 17.6. The van der Waals surface area contributed by atoms with Gasteiger partial charge in [-0.25, -0.2) is 9.59 Å². The van der Waals surface area contributed by atoms with Gasteiger partial charge in [-0.05, 0) is 60.4 Å². The van der Waals surface area contributed by atoms with Crippen LogP contribution in [0.4, 0.5) is 4.79 Å². The Morgan fingerprint density at radius 2 is 1.76 bits per heavy atom. The number of carboxylic acid groups (broad SMARTS) is 2. The molecule has 1 aliphatic rings. The van der Waals surface area contributed by atoms with Crippen LogP contribution in [0.25, 0.3) is 6.08 Å². The third-order valence-corrected chi connectivity index (χ3v) is 5.77. The number of rotatable bonds is 9. The molecule has 1 fully saturated rings. The molecule has 10 nitrogen and oxygen atoms in total. The normalized spacial score (nSPS) is 21.1. The van der Waals surface area contributed by atoms with Crippen LogP contribution in [0.2, 0.25) is 5.02 Å². The first kappa shape index (κ1) is 29.9. The van der Waals surface area contributed by atoms with E-state index in [1.165, 1.54) is 18.2 Å². The number of carbonyl (C=O) groups is 2. The summed E-state index contributed by atoms with van der Waals surface area (Å²) in [6.07, 6.45) is -0.501. The summed E-state index contributed by atoms with van der Waals surface area (Å²) >= 11 is 6.06. The smallest absolute Gasteiger partial charge is 0.503 e. The lowest BCUT2D eigenvalue weighted by Gasteiger charge is -2.36. The van der Waals surface area contributed by atoms with Crippen LogP contribution in [-0.2, 0) is 20.7 Å². The van der Waals surface area contributed by atoms with Crippen LogP contribution < -0.4 is 4.74 Å². The molecule has 4 atom stereocenters. The number of hydrogen-bond donors (Lipinski definition) is 5. The van der Waals surface area contributed by atoms with Gasteiger partial charge in [-0.2, -0.15) is 0 Å². The third kappa shape index (κ3) is 10.7. The largest absolute Gasteiger partial charge is 0.508 e. The molecule has 0 unspecified atom stereocenters. The van der Waals surface area contributed by atoms with Crippen LogP contribution in [0, 0.1) is 0 Å². The highest BCUT2D eigenvalue weighted by atomic mass is 35.5. The number of esters is 1. The van der Waals surface area contributed by atoms with E-state index in [4.69, 9.17) is 40.8 Å². The van der Waals surface area contributed by atoms with E-state index in [0.29, 0.717) is 30.0 Å². The molecule has 0 heterocycles. The van der Waals surface area contributed by atoms with E-state index < -0.39 is 30.4 Å². The quantitative estimate of drug-likeness (QED) is 0.180. The van der Waals surface area contributed by atoms with Crippen molar-refractivity contribution in [2.75, 3.05) is 13.7 Å². The minimum Gasteiger partial charge on any atom is -0.508 e. The van der Waals surface area contributed by atoms with Gasteiger partial charge in [0.15, 0.2) is 0 Å². The first-order valence-electron chi connectivity index (χ1n) is 11.5. The Balaban J connectivity index is 0.00000112. The summed E-state index contributed by atoms with van der Waals surface area (Å²) in [5.74, 6) is 0.266. The number of methoxy groups -OCH3 is 1. The van der Waals surface area contributed by atoms with E-state index in [-0.39, 0.29) is 24.7 Å². The monoisotopic (exact) mass is 538 g/mol. The fourth-order valence-corrected chi connectivity index (χ4v) is 3.99. The summed E-state index contributed by atoms with van der Waals surface area (Å²) in [6, 6.07) is 11.8. The Labute approximate surface area is 219 Å². The standard InChI is InChI=1S/C25H29ClO7.CH2O3/c1-31-22-10-7-18(26)13-17(22)3-2-12-32-20-14-21(28)25(30)23(15-20)33-24(29)11-6-16-4-8-19(27)9-5-16;2-1(3)4/h4-11,13,20-21,23,25,27-28,30H,2-3,12,14-15H2,1H3;(H2,2,3,4)/b11-6+;/t20-,21-,23+,25+;/m0./s1. The number of aliphatic hydroxyl groups excluding tert-OH is 2. The van der Waals surface area contributed by atoms with E-state index in [2.05, 4.69) is 0 Å². The molecular weight excluding hydrogens is 508 g/mol. The number of hydrogen-bond acceptors (Lipinski definition) is 8. The van der Waals surface area contributed by atoms with Gasteiger partial charge in [0.1, 0.15) is 23.7 Å². The van der Waals surface area contributed by atoms with E-state index in [1.807, 2.05) is 12.1 Å². The Kier molecular flexibility index (Phi) is 12.2. The van der Waals surface area contributed by atoms with Gasteiger partial charge < -0.3 is 39.7 Å². The van der Waals surface area contributed by atoms with Crippen molar-refractivity contribution in [2.45, 2.75) is 50.1 Å². The molecule has 0 spiro atoms. The average Bonchev–Trinajstić information content (AvgIpc) is 2.84. The van der Waals surface area contributed by atoms with E-state index >= 15 is 0 Å². The average molecular weight is 539 g/mol. The van der Waals surface area contributed by atoms with Crippen LogP contribution in [0.3, 0.4) is 0 Å². The van der Waals surface area contributed by atoms with Gasteiger partial charge in [-0.1, -0.05) is 23.7 Å². The van der Waals surface area contributed by atoms with Gasteiger partial charge in [-0.3, -0.25) is 0 Å². The lowest BCUT2D eigenvalue weighted by molar-refractivity contribution is -0.170. The van der Waals surface area contributed by atoms with Gasteiger partial charge in [0.05, 0.1) is 19.3 Å². The molecule has 0 aromatic heterocycles. The molecule has 0 saturated heterocycles. The first-order valence-corrected chi connectivity index (χ1v) is 11.9. The zero-order chi connectivity index (χ0) is 27.4. The van der Waals surface area contributed by atoms with Crippen LogP contribution in [0.5, 0.6) is 11.5 Å². The molecule has 3 rings (SSSR count).